The summed E-state index contributed by atoms with van der Waals surface area (Å²) in [5, 5.41) is 6.23. The minimum atomic E-state index is 0.0357. The number of rotatable bonds is 3. The van der Waals surface area contributed by atoms with Crippen molar-refractivity contribution < 1.29 is 9.53 Å². The zero-order chi connectivity index (χ0) is 13.8. The van der Waals surface area contributed by atoms with Crippen LogP contribution in [0.25, 0.3) is 0 Å². The lowest BCUT2D eigenvalue weighted by molar-refractivity contribution is -0.00158. The van der Waals surface area contributed by atoms with Crippen molar-refractivity contribution in [3.8, 4) is 0 Å². The number of ether oxygens (including phenoxy) is 1. The summed E-state index contributed by atoms with van der Waals surface area (Å²) in [5.41, 5.74) is 0. The molecule has 0 atom stereocenters. The van der Waals surface area contributed by atoms with Crippen LogP contribution in [0.4, 0.5) is 4.79 Å². The van der Waals surface area contributed by atoms with Crippen LogP contribution in [0.3, 0.4) is 0 Å². The molecule has 3 fully saturated rings. The predicted molar refractivity (Wildman–Crippen MR) is 77.7 cm³/mol. The van der Waals surface area contributed by atoms with Crippen molar-refractivity contribution in [3.05, 3.63) is 0 Å². The molecule has 2 heterocycles. The number of nitrogens with one attached hydrogen (secondary N) is 2. The Labute approximate surface area is 121 Å². The van der Waals surface area contributed by atoms with E-state index < -0.39 is 0 Å². The maximum atomic E-state index is 11.9. The Morgan fingerprint density at radius 1 is 0.900 bits per heavy atom. The van der Waals surface area contributed by atoms with Crippen LogP contribution in [0, 0.1) is 0 Å². The Hall–Kier alpha value is -0.810. The number of urea groups is 1. The fourth-order valence-corrected chi connectivity index (χ4v) is 3.61. The minimum absolute atomic E-state index is 0.0357. The topological polar surface area (TPSA) is 53.6 Å². The molecule has 2 aliphatic heterocycles. The summed E-state index contributed by atoms with van der Waals surface area (Å²) in [4.78, 5) is 14.4. The van der Waals surface area contributed by atoms with Crippen molar-refractivity contribution in [2.75, 3.05) is 26.3 Å². The second-order valence-electron chi connectivity index (χ2n) is 6.45. The minimum Gasteiger partial charge on any atom is -0.381 e. The van der Waals surface area contributed by atoms with Gasteiger partial charge >= 0.3 is 6.03 Å². The van der Waals surface area contributed by atoms with Crippen LogP contribution in [-0.4, -0.2) is 55.4 Å². The van der Waals surface area contributed by atoms with E-state index in [1.807, 2.05) is 0 Å². The van der Waals surface area contributed by atoms with Gasteiger partial charge in [-0.2, -0.15) is 0 Å². The molecule has 5 nitrogen and oxygen atoms in total. The molecule has 114 valence electrons. The zero-order valence-electron chi connectivity index (χ0n) is 12.3. The lowest BCUT2D eigenvalue weighted by atomic mass is 9.96. The number of likely N-dealkylation sites (tertiary alicyclic amines) is 1. The van der Waals surface area contributed by atoms with Crippen molar-refractivity contribution in [3.63, 3.8) is 0 Å². The lowest BCUT2D eigenvalue weighted by Gasteiger charge is -2.45. The van der Waals surface area contributed by atoms with E-state index in [4.69, 9.17) is 4.74 Å². The molecule has 0 aromatic heterocycles. The quantitative estimate of drug-likeness (QED) is 0.824. The van der Waals surface area contributed by atoms with Crippen molar-refractivity contribution in [1.29, 1.82) is 0 Å². The van der Waals surface area contributed by atoms with Gasteiger partial charge in [-0.15, -0.1) is 0 Å². The first kappa shape index (κ1) is 14.1. The number of hydrogen-bond acceptors (Lipinski definition) is 3. The first-order valence-electron chi connectivity index (χ1n) is 8.20. The first-order chi connectivity index (χ1) is 9.81. The molecule has 2 saturated heterocycles. The van der Waals surface area contributed by atoms with Gasteiger partial charge in [-0.05, 0) is 25.7 Å². The van der Waals surface area contributed by atoms with Crippen LogP contribution in [0.15, 0.2) is 0 Å². The molecule has 0 aromatic carbocycles. The molecular formula is C15H27N3O2. The third-order valence-electron chi connectivity index (χ3n) is 4.89. The van der Waals surface area contributed by atoms with Crippen LogP contribution in [0.5, 0.6) is 0 Å². The van der Waals surface area contributed by atoms with Gasteiger partial charge in [-0.1, -0.05) is 19.3 Å². The molecule has 0 radical (unpaired) electrons. The van der Waals surface area contributed by atoms with E-state index in [1.54, 1.807) is 0 Å². The van der Waals surface area contributed by atoms with Gasteiger partial charge in [-0.25, -0.2) is 4.79 Å². The van der Waals surface area contributed by atoms with Gasteiger partial charge in [0.15, 0.2) is 0 Å². The Kier molecular flexibility index (Phi) is 4.78. The number of carbonyl (C=O) groups excluding carboxylic acids is 1. The highest BCUT2D eigenvalue weighted by molar-refractivity contribution is 5.74. The highest BCUT2D eigenvalue weighted by Crippen LogP contribution is 2.21. The van der Waals surface area contributed by atoms with Crippen molar-refractivity contribution >= 4 is 6.03 Å². The second kappa shape index (κ2) is 6.76. The molecule has 0 spiro atoms. The summed E-state index contributed by atoms with van der Waals surface area (Å²) < 4.78 is 5.39. The van der Waals surface area contributed by atoms with Crippen molar-refractivity contribution in [1.82, 2.24) is 15.5 Å². The molecule has 3 aliphatic rings. The standard InChI is InChI=1S/C15H27N3O2/c19-15(16-12-4-2-1-3-5-12)17-13-10-18(11-13)14-6-8-20-9-7-14/h12-14H,1-11H2,(H2,16,17,19). The SMILES string of the molecule is O=C(NC1CCCCC1)NC1CN(C2CCOCC2)C1. The molecule has 2 N–H and O–H groups in total. The van der Waals surface area contributed by atoms with Crippen LogP contribution >= 0.6 is 0 Å². The molecule has 2 amide bonds. The van der Waals surface area contributed by atoms with E-state index in [2.05, 4.69) is 15.5 Å². The van der Waals surface area contributed by atoms with E-state index in [-0.39, 0.29) is 6.03 Å². The Morgan fingerprint density at radius 3 is 2.25 bits per heavy atom. The van der Waals surface area contributed by atoms with E-state index in [0.29, 0.717) is 18.1 Å². The van der Waals surface area contributed by atoms with Crippen molar-refractivity contribution in [2.24, 2.45) is 0 Å². The monoisotopic (exact) mass is 281 g/mol. The van der Waals surface area contributed by atoms with E-state index >= 15 is 0 Å². The van der Waals surface area contributed by atoms with Crippen LogP contribution in [0.1, 0.15) is 44.9 Å². The maximum absolute atomic E-state index is 11.9. The predicted octanol–water partition coefficient (Wildman–Crippen LogP) is 1.48. The summed E-state index contributed by atoms with van der Waals surface area (Å²) in [6.45, 7) is 3.79. The van der Waals surface area contributed by atoms with Crippen molar-refractivity contribution in [2.45, 2.75) is 63.1 Å². The molecule has 0 bridgehead atoms. The van der Waals surface area contributed by atoms with Gasteiger partial charge in [0.05, 0.1) is 6.04 Å². The van der Waals surface area contributed by atoms with Gasteiger partial charge in [0.1, 0.15) is 0 Å². The summed E-state index contributed by atoms with van der Waals surface area (Å²) >= 11 is 0. The van der Waals surface area contributed by atoms with E-state index in [0.717, 1.165) is 52.0 Å². The van der Waals surface area contributed by atoms with Crippen LogP contribution < -0.4 is 10.6 Å². The average molecular weight is 281 g/mol. The van der Waals surface area contributed by atoms with Gasteiger partial charge in [0.25, 0.3) is 0 Å². The highest BCUT2D eigenvalue weighted by Gasteiger charge is 2.34. The third kappa shape index (κ3) is 3.64. The maximum Gasteiger partial charge on any atom is 0.315 e. The smallest absolute Gasteiger partial charge is 0.315 e. The van der Waals surface area contributed by atoms with E-state index in [9.17, 15) is 4.79 Å². The summed E-state index contributed by atoms with van der Waals surface area (Å²) in [6, 6.07) is 1.44. The molecule has 0 aromatic rings. The second-order valence-corrected chi connectivity index (χ2v) is 6.45. The number of carbonyl (C=O) groups is 1. The number of nitrogens with zero attached hydrogens (tertiary/aromatic N) is 1. The zero-order valence-corrected chi connectivity index (χ0v) is 12.3. The normalized spacial score (nSPS) is 27.0. The molecule has 3 rings (SSSR count). The first-order valence-corrected chi connectivity index (χ1v) is 8.20. The molecule has 5 heteroatoms. The average Bonchev–Trinajstić information content (AvgIpc) is 2.44. The third-order valence-corrected chi connectivity index (χ3v) is 4.89. The fraction of sp³-hybridized carbons (Fsp3) is 0.933. The summed E-state index contributed by atoms with van der Waals surface area (Å²) in [5.74, 6) is 0. The van der Waals surface area contributed by atoms with Gasteiger partial charge in [-0.3, -0.25) is 4.90 Å². The largest absolute Gasteiger partial charge is 0.381 e. The number of amides is 2. The van der Waals surface area contributed by atoms with Crippen LogP contribution in [0.2, 0.25) is 0 Å². The lowest BCUT2D eigenvalue weighted by Crippen LogP contribution is -2.64. The molecule has 1 saturated carbocycles. The van der Waals surface area contributed by atoms with Gasteiger partial charge in [0.2, 0.25) is 0 Å². The van der Waals surface area contributed by atoms with Gasteiger partial charge < -0.3 is 15.4 Å². The Balaban J connectivity index is 1.32. The summed E-state index contributed by atoms with van der Waals surface area (Å²) in [6.07, 6.45) is 8.40. The Morgan fingerprint density at radius 2 is 1.55 bits per heavy atom. The molecular weight excluding hydrogens is 254 g/mol. The number of hydrogen-bond donors (Lipinski definition) is 2. The molecule has 20 heavy (non-hydrogen) atoms. The molecule has 0 unspecified atom stereocenters. The fourth-order valence-electron chi connectivity index (χ4n) is 3.61. The Bertz CT molecular complexity index is 319. The summed E-state index contributed by atoms with van der Waals surface area (Å²) in [7, 11) is 0. The highest BCUT2D eigenvalue weighted by atomic mass is 16.5. The van der Waals surface area contributed by atoms with Gasteiger partial charge in [0, 0.05) is 38.4 Å². The van der Waals surface area contributed by atoms with Crippen LogP contribution in [-0.2, 0) is 4.74 Å². The molecule has 1 aliphatic carbocycles. The van der Waals surface area contributed by atoms with E-state index in [1.165, 1.54) is 19.3 Å².